The van der Waals surface area contributed by atoms with E-state index in [2.05, 4.69) is 9.98 Å². The second-order valence-electron chi connectivity index (χ2n) is 2.99. The molecule has 0 radical (unpaired) electrons. The number of nitrogens with one attached hydrogen (secondary N) is 1. The van der Waals surface area contributed by atoms with Crippen molar-refractivity contribution in [2.75, 3.05) is 6.54 Å². The summed E-state index contributed by atoms with van der Waals surface area (Å²) in [5, 5.41) is 8.17. The number of ketones is 1. The molecule has 0 atom stereocenters. The van der Waals surface area contributed by atoms with Crippen molar-refractivity contribution in [3.8, 4) is 0 Å². The Morgan fingerprint density at radius 1 is 1.67 bits per heavy atom. The Hall–Kier alpha value is -1.75. The molecule has 0 saturated heterocycles. The molecule has 1 aromatic heterocycles. The zero-order chi connectivity index (χ0) is 10.9. The topological polar surface area (TPSA) is 74.6 Å². The maximum atomic E-state index is 11.4. The molecule has 0 aromatic carbocycles. The summed E-state index contributed by atoms with van der Waals surface area (Å²) in [6.45, 7) is 0.382. The van der Waals surface area contributed by atoms with E-state index in [1.165, 1.54) is 0 Å². The number of pyridine rings is 1. The highest BCUT2D eigenvalue weighted by Crippen LogP contribution is 1.99. The fourth-order valence-electron chi connectivity index (χ4n) is 1.11. The van der Waals surface area contributed by atoms with Gasteiger partial charge in [-0.1, -0.05) is 6.07 Å². The minimum Gasteiger partial charge on any atom is -0.299 e. The molecule has 1 heterocycles. The van der Waals surface area contributed by atoms with Gasteiger partial charge in [-0.3, -0.25) is 25.5 Å². The lowest BCUT2D eigenvalue weighted by Gasteiger charge is -1.98. The predicted molar refractivity (Wildman–Crippen MR) is 55.8 cm³/mol. The lowest BCUT2D eigenvalue weighted by molar-refractivity contribution is -0.118. The Balaban J connectivity index is 2.28. The van der Waals surface area contributed by atoms with E-state index in [4.69, 9.17) is 5.21 Å². The maximum absolute atomic E-state index is 11.4. The molecule has 0 aliphatic carbocycles. The van der Waals surface area contributed by atoms with E-state index in [0.717, 1.165) is 11.9 Å². The van der Waals surface area contributed by atoms with Crippen LogP contribution in [0.2, 0.25) is 0 Å². The Morgan fingerprint density at radius 2 is 2.53 bits per heavy atom. The Morgan fingerprint density at radius 3 is 3.20 bits per heavy atom. The molecule has 5 nitrogen and oxygen atoms in total. The van der Waals surface area contributed by atoms with E-state index in [1.807, 2.05) is 6.07 Å². The minimum absolute atomic E-state index is 0.109. The quantitative estimate of drug-likeness (QED) is 0.407. The summed E-state index contributed by atoms with van der Waals surface area (Å²) in [6.07, 6.45) is 5.25. The predicted octanol–water partition coefficient (Wildman–Crippen LogP) is 0.590. The van der Waals surface area contributed by atoms with Gasteiger partial charge in [0.1, 0.15) is 12.1 Å². The summed E-state index contributed by atoms with van der Waals surface area (Å²) in [4.78, 5) is 19.1. The van der Waals surface area contributed by atoms with Gasteiger partial charge >= 0.3 is 0 Å². The van der Waals surface area contributed by atoms with Crippen LogP contribution in [-0.2, 0) is 11.2 Å². The Bertz CT molecular complexity index is 325. The smallest absolute Gasteiger partial charge is 0.139 e. The third kappa shape index (κ3) is 4.87. The zero-order valence-corrected chi connectivity index (χ0v) is 8.26. The van der Waals surface area contributed by atoms with Crippen molar-refractivity contribution in [2.45, 2.75) is 12.8 Å². The first-order valence-corrected chi connectivity index (χ1v) is 4.61. The number of hydrogen-bond acceptors (Lipinski definition) is 4. The largest absolute Gasteiger partial charge is 0.299 e. The molecule has 1 rings (SSSR count). The number of carbonyl (C=O) groups is 1. The van der Waals surface area contributed by atoms with Crippen molar-refractivity contribution in [1.82, 2.24) is 10.5 Å². The highest BCUT2D eigenvalue weighted by molar-refractivity contribution is 5.81. The first-order chi connectivity index (χ1) is 7.33. The van der Waals surface area contributed by atoms with Crippen LogP contribution in [0.15, 0.2) is 29.5 Å². The molecular formula is C10H13N3O2. The van der Waals surface area contributed by atoms with Gasteiger partial charge in [-0.25, -0.2) is 0 Å². The van der Waals surface area contributed by atoms with E-state index in [9.17, 15) is 4.79 Å². The molecule has 2 N–H and O–H groups in total. The SMILES string of the molecule is O=C(CCN=CNO)Cc1cccnc1. The second-order valence-corrected chi connectivity index (χ2v) is 2.99. The Kier molecular flexibility index (Phi) is 5.03. The molecule has 0 unspecified atom stereocenters. The van der Waals surface area contributed by atoms with E-state index in [1.54, 1.807) is 23.9 Å². The first kappa shape index (κ1) is 11.3. The molecule has 0 aliphatic heterocycles. The van der Waals surface area contributed by atoms with Crippen LogP contribution in [-0.4, -0.2) is 28.9 Å². The van der Waals surface area contributed by atoms with Gasteiger partial charge in [-0.15, -0.1) is 0 Å². The molecule has 0 fully saturated rings. The van der Waals surface area contributed by atoms with Crippen molar-refractivity contribution < 1.29 is 10.0 Å². The molecule has 0 spiro atoms. The molecule has 0 bridgehead atoms. The first-order valence-electron chi connectivity index (χ1n) is 4.61. The van der Waals surface area contributed by atoms with Crippen molar-refractivity contribution in [3.05, 3.63) is 30.1 Å². The van der Waals surface area contributed by atoms with Crippen molar-refractivity contribution in [2.24, 2.45) is 4.99 Å². The van der Waals surface area contributed by atoms with Crippen LogP contribution < -0.4 is 5.48 Å². The van der Waals surface area contributed by atoms with Crippen LogP contribution in [0.3, 0.4) is 0 Å². The number of aromatic nitrogens is 1. The van der Waals surface area contributed by atoms with Crippen molar-refractivity contribution in [1.29, 1.82) is 0 Å². The Labute approximate surface area is 87.8 Å². The highest BCUT2D eigenvalue weighted by atomic mass is 16.5. The third-order valence-electron chi connectivity index (χ3n) is 1.79. The average molecular weight is 207 g/mol. The molecule has 1 aromatic rings. The molecule has 0 aliphatic rings. The fraction of sp³-hybridized carbons (Fsp3) is 0.300. The number of nitrogens with zero attached hydrogens (tertiary/aromatic N) is 2. The van der Waals surface area contributed by atoms with Crippen LogP contribution in [0, 0.1) is 0 Å². The summed E-state index contributed by atoms with van der Waals surface area (Å²) >= 11 is 0. The van der Waals surface area contributed by atoms with Gasteiger partial charge in [-0.2, -0.15) is 0 Å². The third-order valence-corrected chi connectivity index (χ3v) is 1.79. The number of hydrogen-bond donors (Lipinski definition) is 2. The number of carbonyl (C=O) groups excluding carboxylic acids is 1. The summed E-state index contributed by atoms with van der Waals surface area (Å²) < 4.78 is 0. The normalized spacial score (nSPS) is 10.5. The zero-order valence-electron chi connectivity index (χ0n) is 8.26. The van der Waals surface area contributed by atoms with Crippen LogP contribution in [0.25, 0.3) is 0 Å². The average Bonchev–Trinajstić information content (AvgIpc) is 2.26. The fourth-order valence-corrected chi connectivity index (χ4v) is 1.11. The van der Waals surface area contributed by atoms with E-state index in [0.29, 0.717) is 19.4 Å². The standard InChI is InChI=1S/C10H13N3O2/c14-10(3-5-12-8-13-15)6-9-2-1-4-11-7-9/h1-2,4,7-8,15H,3,5-6H2,(H,12,13). The number of hydroxylamine groups is 1. The van der Waals surface area contributed by atoms with E-state index in [-0.39, 0.29) is 5.78 Å². The molecule has 5 heteroatoms. The van der Waals surface area contributed by atoms with Crippen LogP contribution in [0.5, 0.6) is 0 Å². The molecular weight excluding hydrogens is 194 g/mol. The van der Waals surface area contributed by atoms with Gasteiger partial charge < -0.3 is 0 Å². The number of Topliss-reactive ketones (excluding diaryl/α,β-unsaturated/α-hetero) is 1. The minimum atomic E-state index is 0.109. The van der Waals surface area contributed by atoms with E-state index >= 15 is 0 Å². The summed E-state index contributed by atoms with van der Waals surface area (Å²) in [5.74, 6) is 0.109. The maximum Gasteiger partial charge on any atom is 0.139 e. The van der Waals surface area contributed by atoms with E-state index < -0.39 is 0 Å². The summed E-state index contributed by atoms with van der Waals surface area (Å²) in [7, 11) is 0. The van der Waals surface area contributed by atoms with Crippen LogP contribution >= 0.6 is 0 Å². The highest BCUT2D eigenvalue weighted by Gasteiger charge is 2.02. The van der Waals surface area contributed by atoms with Gasteiger partial charge in [0.2, 0.25) is 0 Å². The van der Waals surface area contributed by atoms with Crippen LogP contribution in [0.4, 0.5) is 0 Å². The second kappa shape index (κ2) is 6.67. The van der Waals surface area contributed by atoms with Crippen molar-refractivity contribution >= 4 is 12.1 Å². The van der Waals surface area contributed by atoms with Gasteiger partial charge in [-0.05, 0) is 11.6 Å². The monoisotopic (exact) mass is 207 g/mol. The molecule has 0 amide bonds. The van der Waals surface area contributed by atoms with Crippen molar-refractivity contribution in [3.63, 3.8) is 0 Å². The van der Waals surface area contributed by atoms with Gasteiger partial charge in [0, 0.05) is 31.8 Å². The lowest BCUT2D eigenvalue weighted by Crippen LogP contribution is -2.07. The molecule has 80 valence electrons. The van der Waals surface area contributed by atoms with Crippen LogP contribution in [0.1, 0.15) is 12.0 Å². The number of rotatable bonds is 6. The number of aliphatic imine (C=N–C) groups is 1. The summed E-state index contributed by atoms with van der Waals surface area (Å²) in [5.41, 5.74) is 2.69. The summed E-state index contributed by atoms with van der Waals surface area (Å²) in [6, 6.07) is 3.67. The molecule has 15 heavy (non-hydrogen) atoms. The van der Waals surface area contributed by atoms with Gasteiger partial charge in [0.25, 0.3) is 0 Å². The van der Waals surface area contributed by atoms with Gasteiger partial charge in [0.15, 0.2) is 0 Å². The molecule has 0 saturated carbocycles. The lowest BCUT2D eigenvalue weighted by atomic mass is 10.1. The van der Waals surface area contributed by atoms with Gasteiger partial charge in [0.05, 0.1) is 0 Å².